The lowest BCUT2D eigenvalue weighted by Gasteiger charge is -2.14. The maximum atomic E-state index is 12.1. The molecule has 0 saturated carbocycles. The highest BCUT2D eigenvalue weighted by Crippen LogP contribution is 2.19. The first-order valence-electron chi connectivity index (χ1n) is 5.69. The van der Waals surface area contributed by atoms with Gasteiger partial charge in [0.2, 0.25) is 0 Å². The molecule has 1 heterocycles. The monoisotopic (exact) mass is 323 g/mol. The zero-order valence-corrected chi connectivity index (χ0v) is 12.2. The zero-order chi connectivity index (χ0) is 14.0. The molecule has 0 bridgehead atoms. The molecule has 0 radical (unpaired) electrons. The Bertz CT molecular complexity index is 610. The maximum Gasteiger partial charge on any atom is 0.253 e. The number of nitrogens with zero attached hydrogens (tertiary/aromatic N) is 3. The number of rotatable bonds is 3. The zero-order valence-electron chi connectivity index (χ0n) is 10.6. The van der Waals surface area contributed by atoms with Crippen LogP contribution in [0.25, 0.3) is 0 Å². The number of nitrogen functional groups attached to an aromatic ring is 1. The lowest BCUT2D eigenvalue weighted by atomic mass is 10.1. The first kappa shape index (κ1) is 13.5. The molecule has 3 N–H and O–H groups in total. The largest absolute Gasteiger partial charge is 0.398 e. The number of nitrogens with two attached hydrogens (primary N) is 1. The minimum Gasteiger partial charge on any atom is -0.398 e. The number of hydrogen-bond acceptors (Lipinski definition) is 4. The Hall–Kier alpha value is -1.89. The summed E-state index contributed by atoms with van der Waals surface area (Å²) in [5.41, 5.74) is 6.69. The van der Waals surface area contributed by atoms with Crippen LogP contribution in [0, 0.1) is 0 Å². The van der Waals surface area contributed by atoms with Crippen LogP contribution in [0.4, 0.5) is 5.69 Å². The quantitative estimate of drug-likeness (QED) is 0.841. The van der Waals surface area contributed by atoms with Crippen LogP contribution in [0.2, 0.25) is 0 Å². The topological polar surface area (TPSA) is 85.8 Å². The Morgan fingerprint density at radius 2 is 2.26 bits per heavy atom. The molecule has 1 atom stereocenters. The molecule has 100 valence electrons. The van der Waals surface area contributed by atoms with Gasteiger partial charge in [0.05, 0.1) is 11.6 Å². The summed E-state index contributed by atoms with van der Waals surface area (Å²) in [6.45, 7) is 1.84. The van der Waals surface area contributed by atoms with Crippen molar-refractivity contribution in [1.29, 1.82) is 0 Å². The van der Waals surface area contributed by atoms with Crippen LogP contribution in [0.1, 0.15) is 29.1 Å². The summed E-state index contributed by atoms with van der Waals surface area (Å²) in [5, 5.41) is 10.6. The van der Waals surface area contributed by atoms with Crippen molar-refractivity contribution in [1.82, 2.24) is 20.1 Å². The fourth-order valence-electron chi connectivity index (χ4n) is 1.76. The van der Waals surface area contributed by atoms with Crippen molar-refractivity contribution >= 4 is 27.5 Å². The van der Waals surface area contributed by atoms with Gasteiger partial charge in [-0.1, -0.05) is 15.9 Å². The standard InChI is InChI=1S/C12H14BrN5O/c1-7(11-17-15-6-18(11)2)16-12(19)9-4-3-8(13)5-10(9)14/h3-7H,14H2,1-2H3,(H,16,19). The Balaban J connectivity index is 2.15. The molecule has 0 aliphatic heterocycles. The van der Waals surface area contributed by atoms with E-state index in [0.29, 0.717) is 17.1 Å². The van der Waals surface area contributed by atoms with Gasteiger partial charge in [-0.05, 0) is 25.1 Å². The van der Waals surface area contributed by atoms with Crippen molar-refractivity contribution in [3.8, 4) is 0 Å². The second-order valence-electron chi connectivity index (χ2n) is 4.23. The Morgan fingerprint density at radius 3 is 2.84 bits per heavy atom. The predicted octanol–water partition coefficient (Wildman–Crippen LogP) is 1.65. The summed E-state index contributed by atoms with van der Waals surface area (Å²) in [7, 11) is 1.83. The molecule has 7 heteroatoms. The van der Waals surface area contributed by atoms with E-state index >= 15 is 0 Å². The second-order valence-corrected chi connectivity index (χ2v) is 5.14. The van der Waals surface area contributed by atoms with Gasteiger partial charge in [0.25, 0.3) is 5.91 Å². The Labute approximate surface area is 119 Å². The van der Waals surface area contributed by atoms with E-state index in [0.717, 1.165) is 4.47 Å². The van der Waals surface area contributed by atoms with Crippen molar-refractivity contribution < 1.29 is 4.79 Å². The Morgan fingerprint density at radius 1 is 1.53 bits per heavy atom. The van der Waals surface area contributed by atoms with E-state index < -0.39 is 0 Å². The first-order chi connectivity index (χ1) is 8.99. The number of aryl methyl sites for hydroxylation is 1. The molecule has 0 aliphatic rings. The molecule has 19 heavy (non-hydrogen) atoms. The first-order valence-corrected chi connectivity index (χ1v) is 6.48. The van der Waals surface area contributed by atoms with Gasteiger partial charge in [-0.15, -0.1) is 10.2 Å². The van der Waals surface area contributed by atoms with Crippen LogP contribution < -0.4 is 11.1 Å². The van der Waals surface area contributed by atoms with Crippen LogP contribution >= 0.6 is 15.9 Å². The number of anilines is 1. The van der Waals surface area contributed by atoms with E-state index in [1.54, 1.807) is 29.1 Å². The number of benzene rings is 1. The number of nitrogens with one attached hydrogen (secondary N) is 1. The van der Waals surface area contributed by atoms with Crippen LogP contribution in [0.15, 0.2) is 29.0 Å². The van der Waals surface area contributed by atoms with E-state index in [-0.39, 0.29) is 11.9 Å². The molecule has 0 aliphatic carbocycles. The summed E-state index contributed by atoms with van der Waals surface area (Å²) >= 11 is 3.30. The number of carbonyl (C=O) groups is 1. The van der Waals surface area contributed by atoms with Crippen molar-refractivity contribution in [2.24, 2.45) is 7.05 Å². The fourth-order valence-corrected chi connectivity index (χ4v) is 2.14. The number of aromatic nitrogens is 3. The van der Waals surface area contributed by atoms with Gasteiger partial charge in [-0.3, -0.25) is 4.79 Å². The highest BCUT2D eigenvalue weighted by molar-refractivity contribution is 9.10. The third-order valence-electron chi connectivity index (χ3n) is 2.74. The maximum absolute atomic E-state index is 12.1. The van der Waals surface area contributed by atoms with Gasteiger partial charge < -0.3 is 15.6 Å². The van der Waals surface area contributed by atoms with E-state index in [1.165, 1.54) is 0 Å². The summed E-state index contributed by atoms with van der Waals surface area (Å²) in [5.74, 6) is 0.449. The van der Waals surface area contributed by atoms with Crippen molar-refractivity contribution in [2.75, 3.05) is 5.73 Å². The average molecular weight is 324 g/mol. The molecule has 1 unspecified atom stereocenters. The van der Waals surface area contributed by atoms with Gasteiger partial charge in [-0.25, -0.2) is 0 Å². The van der Waals surface area contributed by atoms with Crippen LogP contribution in [-0.2, 0) is 7.05 Å². The second kappa shape index (κ2) is 5.40. The minimum absolute atomic E-state index is 0.236. The fraction of sp³-hybridized carbons (Fsp3) is 0.250. The number of halogens is 1. The van der Waals surface area contributed by atoms with E-state index in [4.69, 9.17) is 5.73 Å². The van der Waals surface area contributed by atoms with E-state index in [9.17, 15) is 4.79 Å². The number of hydrogen-bond donors (Lipinski definition) is 2. The molecule has 1 aromatic heterocycles. The van der Waals surface area contributed by atoms with Gasteiger partial charge in [0, 0.05) is 17.2 Å². The van der Waals surface area contributed by atoms with Gasteiger partial charge in [0.1, 0.15) is 6.33 Å². The molecule has 2 aromatic rings. The van der Waals surface area contributed by atoms with Crippen molar-refractivity contribution in [3.63, 3.8) is 0 Å². The lowest BCUT2D eigenvalue weighted by molar-refractivity contribution is 0.0938. The normalized spacial score (nSPS) is 12.2. The molecular weight excluding hydrogens is 310 g/mol. The van der Waals surface area contributed by atoms with Gasteiger partial charge in [0.15, 0.2) is 5.82 Å². The number of amides is 1. The molecule has 6 nitrogen and oxygen atoms in total. The third kappa shape index (κ3) is 2.93. The van der Waals surface area contributed by atoms with Crippen LogP contribution in [-0.4, -0.2) is 20.7 Å². The van der Waals surface area contributed by atoms with E-state index in [2.05, 4.69) is 31.4 Å². The summed E-state index contributed by atoms with van der Waals surface area (Å²) in [6, 6.07) is 4.90. The molecule has 0 spiro atoms. The molecule has 0 fully saturated rings. The predicted molar refractivity (Wildman–Crippen MR) is 75.4 cm³/mol. The van der Waals surface area contributed by atoms with Gasteiger partial charge >= 0.3 is 0 Å². The van der Waals surface area contributed by atoms with Gasteiger partial charge in [-0.2, -0.15) is 0 Å². The summed E-state index contributed by atoms with van der Waals surface area (Å²) < 4.78 is 2.60. The summed E-state index contributed by atoms with van der Waals surface area (Å²) in [6.07, 6.45) is 1.59. The highest BCUT2D eigenvalue weighted by Gasteiger charge is 2.16. The average Bonchev–Trinajstić information content (AvgIpc) is 2.75. The molecule has 0 saturated heterocycles. The number of carbonyl (C=O) groups excluding carboxylic acids is 1. The van der Waals surface area contributed by atoms with Crippen LogP contribution in [0.5, 0.6) is 0 Å². The van der Waals surface area contributed by atoms with E-state index in [1.807, 2.05) is 14.0 Å². The summed E-state index contributed by atoms with van der Waals surface area (Å²) in [4.78, 5) is 12.1. The third-order valence-corrected chi connectivity index (χ3v) is 3.23. The molecule has 1 aromatic carbocycles. The highest BCUT2D eigenvalue weighted by atomic mass is 79.9. The molecular formula is C12H14BrN5O. The lowest BCUT2D eigenvalue weighted by Crippen LogP contribution is -2.29. The van der Waals surface area contributed by atoms with Crippen molar-refractivity contribution in [2.45, 2.75) is 13.0 Å². The smallest absolute Gasteiger partial charge is 0.253 e. The molecule has 1 amide bonds. The Kier molecular flexibility index (Phi) is 3.84. The van der Waals surface area contributed by atoms with Crippen molar-refractivity contribution in [3.05, 3.63) is 40.4 Å². The van der Waals surface area contributed by atoms with Crippen LogP contribution in [0.3, 0.4) is 0 Å². The SMILES string of the molecule is CC(NC(=O)c1ccc(Br)cc1N)c1nncn1C. The minimum atomic E-state index is -0.247. The molecule has 2 rings (SSSR count).